The van der Waals surface area contributed by atoms with Gasteiger partial charge in [-0.2, -0.15) is 0 Å². The molecule has 12 nitrogen and oxygen atoms in total. The van der Waals surface area contributed by atoms with E-state index >= 15 is 0 Å². The van der Waals surface area contributed by atoms with E-state index in [-0.39, 0.29) is 30.4 Å². The number of hydrogen-bond donors (Lipinski definition) is 4. The number of ether oxygens (including phenoxy) is 1. The van der Waals surface area contributed by atoms with Crippen molar-refractivity contribution in [1.82, 2.24) is 40.4 Å². The van der Waals surface area contributed by atoms with E-state index in [1.807, 2.05) is 118 Å². The maximum atomic E-state index is 12.6. The molecule has 4 N–H and O–H groups in total. The van der Waals surface area contributed by atoms with Crippen LogP contribution in [0.1, 0.15) is 113 Å². The molecule has 2 aliphatic rings. The summed E-state index contributed by atoms with van der Waals surface area (Å²) >= 11 is 0. The van der Waals surface area contributed by atoms with Crippen LogP contribution in [0.3, 0.4) is 0 Å². The van der Waals surface area contributed by atoms with Crippen LogP contribution in [0.15, 0.2) is 97.4 Å². The quantitative estimate of drug-likeness (QED) is 0.0740. The molecule has 312 valence electrons. The molecule has 2 aromatic carbocycles. The van der Waals surface area contributed by atoms with E-state index in [9.17, 15) is 14.4 Å². The monoisotopic (exact) mass is 793 g/mol. The van der Waals surface area contributed by atoms with E-state index in [2.05, 4.69) is 47.4 Å². The van der Waals surface area contributed by atoms with Gasteiger partial charge in [-0.3, -0.25) is 14.5 Å². The van der Waals surface area contributed by atoms with Gasteiger partial charge >= 0.3 is 6.09 Å². The predicted octanol–water partition coefficient (Wildman–Crippen LogP) is 8.43. The standard InChI is InChI=1S/C23H28N4O.C17H26N4O3.C6H10/c1-27(2)22(19-13-7-4-8-14-19)23(28)24-16-10-9-15-21-25-17-20(26-21)18-11-5-3-6-12-18;1-24-17(23)19-11-15(22)21-9-5-8-14(21)16-18-10-13(20-16)12-6-3-2-4-7-12;1-3-5-6-4-2/h3-8,11-14,17,22H,9-10,15-16H2,1-2H3,(H,24,28)(H,25,26);10,12,14H,2-9,11H2,1H3,(H,18,20)(H,19,23);3-6H,1-2H3/b;;5-3-,6-4-. The summed E-state index contributed by atoms with van der Waals surface area (Å²) in [5, 5.41) is 5.52. The minimum Gasteiger partial charge on any atom is -0.453 e. The Hall–Kier alpha value is -5.49. The first-order valence-corrected chi connectivity index (χ1v) is 20.7. The topological polar surface area (TPSA) is 148 Å². The lowest BCUT2D eigenvalue weighted by Crippen LogP contribution is -2.40. The number of unbranched alkanes of at least 4 members (excludes halogenated alkanes) is 1. The Balaban J connectivity index is 0.000000227. The molecule has 2 aromatic heterocycles. The minimum absolute atomic E-state index is 0.0192. The fourth-order valence-electron chi connectivity index (χ4n) is 7.33. The molecule has 2 unspecified atom stereocenters. The number of H-pyrrole nitrogens is 2. The summed E-state index contributed by atoms with van der Waals surface area (Å²) in [6.45, 7) is 5.33. The highest BCUT2D eigenvalue weighted by Crippen LogP contribution is 2.35. The molecule has 58 heavy (non-hydrogen) atoms. The van der Waals surface area contributed by atoms with E-state index in [4.69, 9.17) is 0 Å². The van der Waals surface area contributed by atoms with Gasteiger partial charge in [0, 0.05) is 37.3 Å². The fourth-order valence-corrected chi connectivity index (χ4v) is 7.33. The van der Waals surface area contributed by atoms with E-state index in [0.29, 0.717) is 19.0 Å². The Morgan fingerprint density at radius 3 is 2.21 bits per heavy atom. The maximum absolute atomic E-state index is 12.6. The third-order valence-corrected chi connectivity index (χ3v) is 10.3. The average molecular weight is 793 g/mol. The lowest BCUT2D eigenvalue weighted by atomic mass is 9.87. The van der Waals surface area contributed by atoms with Gasteiger partial charge in [0.2, 0.25) is 11.8 Å². The average Bonchev–Trinajstić information content (AvgIpc) is 4.05. The Kier molecular flexibility index (Phi) is 19.5. The van der Waals surface area contributed by atoms with Crippen molar-refractivity contribution in [2.45, 2.75) is 96.1 Å². The number of carbonyl (C=O) groups is 3. The highest BCUT2D eigenvalue weighted by Gasteiger charge is 2.32. The molecular weight excluding hydrogens is 729 g/mol. The second kappa shape index (κ2) is 25.0. The van der Waals surface area contributed by atoms with Crippen LogP contribution in [0.4, 0.5) is 4.79 Å². The normalized spacial score (nSPS) is 16.0. The van der Waals surface area contributed by atoms with Crippen molar-refractivity contribution < 1.29 is 19.1 Å². The van der Waals surface area contributed by atoms with Gasteiger partial charge in [0.25, 0.3) is 0 Å². The number of nitrogens with zero attached hydrogens (tertiary/aromatic N) is 4. The molecule has 12 heteroatoms. The molecule has 0 radical (unpaired) electrons. The van der Waals surface area contributed by atoms with Gasteiger partial charge in [-0.25, -0.2) is 14.8 Å². The molecule has 2 fully saturated rings. The first-order valence-electron chi connectivity index (χ1n) is 20.7. The van der Waals surface area contributed by atoms with Gasteiger partial charge in [0.15, 0.2) is 0 Å². The molecule has 3 amide bonds. The van der Waals surface area contributed by atoms with Crippen LogP contribution in [0, 0.1) is 0 Å². The number of hydrogen-bond acceptors (Lipinski definition) is 7. The number of aryl methyl sites for hydroxylation is 1. The molecular formula is C46H64N8O4. The molecule has 0 spiro atoms. The summed E-state index contributed by atoms with van der Waals surface area (Å²) in [6.07, 6.45) is 22.2. The second-order valence-electron chi connectivity index (χ2n) is 14.8. The zero-order chi connectivity index (χ0) is 41.5. The third-order valence-electron chi connectivity index (χ3n) is 10.3. The summed E-state index contributed by atoms with van der Waals surface area (Å²) < 4.78 is 4.51. The number of methoxy groups -OCH3 is 1. The van der Waals surface area contributed by atoms with Gasteiger partial charge in [-0.1, -0.05) is 104 Å². The summed E-state index contributed by atoms with van der Waals surface area (Å²) in [6, 6.07) is 19.8. The minimum atomic E-state index is -0.586. The van der Waals surface area contributed by atoms with Crippen molar-refractivity contribution in [3.8, 4) is 11.3 Å². The van der Waals surface area contributed by atoms with Crippen LogP contribution in [-0.2, 0) is 20.7 Å². The lowest BCUT2D eigenvalue weighted by molar-refractivity contribution is -0.131. The molecule has 6 rings (SSSR count). The Labute approximate surface area is 345 Å². The maximum Gasteiger partial charge on any atom is 0.407 e. The molecule has 1 aliphatic heterocycles. The number of nitrogens with one attached hydrogen (secondary N) is 4. The van der Waals surface area contributed by atoms with E-state index in [1.165, 1.54) is 44.9 Å². The van der Waals surface area contributed by atoms with E-state index < -0.39 is 6.09 Å². The zero-order valence-electron chi connectivity index (χ0n) is 35.1. The van der Waals surface area contributed by atoms with Crippen LogP contribution < -0.4 is 10.6 Å². The zero-order valence-corrected chi connectivity index (χ0v) is 35.1. The van der Waals surface area contributed by atoms with Crippen LogP contribution in [0.5, 0.6) is 0 Å². The largest absolute Gasteiger partial charge is 0.453 e. The van der Waals surface area contributed by atoms with Crippen molar-refractivity contribution >= 4 is 17.9 Å². The molecule has 0 bridgehead atoms. The number of aromatic amines is 2. The third kappa shape index (κ3) is 14.5. The Morgan fingerprint density at radius 2 is 1.55 bits per heavy atom. The van der Waals surface area contributed by atoms with Crippen molar-refractivity contribution in [3.63, 3.8) is 0 Å². The number of likely N-dealkylation sites (tertiary alicyclic amines) is 1. The summed E-state index contributed by atoms with van der Waals surface area (Å²) in [5.74, 6) is 2.38. The van der Waals surface area contributed by atoms with Gasteiger partial charge in [0.05, 0.1) is 25.0 Å². The van der Waals surface area contributed by atoms with Crippen molar-refractivity contribution in [3.05, 3.63) is 120 Å². The summed E-state index contributed by atoms with van der Waals surface area (Å²) in [7, 11) is 5.14. The van der Waals surface area contributed by atoms with Gasteiger partial charge in [-0.15, -0.1) is 0 Å². The molecule has 1 saturated carbocycles. The van der Waals surface area contributed by atoms with Crippen LogP contribution in [-0.4, -0.2) is 88.5 Å². The molecule has 4 aromatic rings. The van der Waals surface area contributed by atoms with Gasteiger partial charge < -0.3 is 30.2 Å². The number of benzene rings is 2. The van der Waals surface area contributed by atoms with Gasteiger partial charge in [0.1, 0.15) is 24.2 Å². The highest BCUT2D eigenvalue weighted by atomic mass is 16.5. The highest BCUT2D eigenvalue weighted by molar-refractivity contribution is 5.83. The number of imidazole rings is 2. The predicted molar refractivity (Wildman–Crippen MR) is 231 cm³/mol. The first-order chi connectivity index (χ1) is 28.2. The molecule has 2 atom stereocenters. The fraction of sp³-hybridized carbons (Fsp3) is 0.457. The molecule has 1 saturated heterocycles. The van der Waals surface area contributed by atoms with Crippen molar-refractivity contribution in [1.29, 1.82) is 0 Å². The lowest BCUT2D eigenvalue weighted by Gasteiger charge is -2.24. The van der Waals surface area contributed by atoms with E-state index in [0.717, 1.165) is 60.6 Å². The number of allylic oxidation sites excluding steroid dienone is 4. The van der Waals surface area contributed by atoms with Crippen LogP contribution in [0.2, 0.25) is 0 Å². The summed E-state index contributed by atoms with van der Waals surface area (Å²) in [5.41, 5.74) is 4.40. The number of aromatic nitrogens is 4. The summed E-state index contributed by atoms with van der Waals surface area (Å²) in [4.78, 5) is 55.7. The van der Waals surface area contributed by atoms with Crippen LogP contribution in [0.25, 0.3) is 11.3 Å². The van der Waals surface area contributed by atoms with E-state index in [1.54, 1.807) is 4.90 Å². The van der Waals surface area contributed by atoms with Gasteiger partial charge in [-0.05, 0) is 77.6 Å². The Morgan fingerprint density at radius 1 is 0.862 bits per heavy atom. The Bertz CT molecular complexity index is 1840. The number of alkyl carbamates (subject to hydrolysis) is 1. The first kappa shape index (κ1) is 45.2. The van der Waals surface area contributed by atoms with Crippen molar-refractivity contribution in [2.75, 3.05) is 40.8 Å². The van der Waals surface area contributed by atoms with Crippen molar-refractivity contribution in [2.24, 2.45) is 0 Å². The molecule has 1 aliphatic carbocycles. The smallest absolute Gasteiger partial charge is 0.407 e. The number of amides is 3. The second-order valence-corrected chi connectivity index (χ2v) is 14.8. The number of rotatable bonds is 14. The number of likely N-dealkylation sites (N-methyl/N-ethyl adjacent to an activating group) is 1. The SMILES string of the molecule is C/C=C\C=C/C.CN(C)C(C(=O)NCCCCc1ncc(-c2ccccc2)[nH]1)c1ccccc1.COC(=O)NCC(=O)N1CCCC1c1ncc(C2CCCCC2)[nH]1. The molecule has 3 heterocycles. The number of carbonyl (C=O) groups excluding carboxylic acids is 3. The van der Waals surface area contributed by atoms with Crippen LogP contribution >= 0.6 is 0 Å².